The van der Waals surface area contributed by atoms with Crippen LogP contribution in [0.3, 0.4) is 0 Å². The SMILES string of the molecule is Cc1ccccc1C[C@@H](NC(=O)c1cccc([N+](=O)[O-])c1)C(N)=O. The van der Waals surface area contributed by atoms with Crippen molar-refractivity contribution in [2.45, 2.75) is 19.4 Å². The number of carbonyl (C=O) groups is 2. The Bertz CT molecular complexity index is 789. The fraction of sp³-hybridized carbons (Fsp3) is 0.176. The van der Waals surface area contributed by atoms with Crippen LogP contribution in [0, 0.1) is 17.0 Å². The number of amides is 2. The van der Waals surface area contributed by atoms with Crippen LogP contribution in [0.4, 0.5) is 5.69 Å². The number of nitro benzene ring substituents is 1. The number of nitro groups is 1. The Labute approximate surface area is 138 Å². The summed E-state index contributed by atoms with van der Waals surface area (Å²) >= 11 is 0. The van der Waals surface area contributed by atoms with Gasteiger partial charge < -0.3 is 11.1 Å². The Morgan fingerprint density at radius 1 is 1.21 bits per heavy atom. The van der Waals surface area contributed by atoms with E-state index in [1.54, 1.807) is 0 Å². The molecule has 3 N–H and O–H groups in total. The van der Waals surface area contributed by atoms with Crippen molar-refractivity contribution in [1.82, 2.24) is 5.32 Å². The van der Waals surface area contributed by atoms with Crippen LogP contribution in [0.1, 0.15) is 21.5 Å². The zero-order valence-corrected chi connectivity index (χ0v) is 13.1. The first-order valence-electron chi connectivity index (χ1n) is 7.27. The molecule has 2 aromatic rings. The molecule has 0 aromatic heterocycles. The summed E-state index contributed by atoms with van der Waals surface area (Å²) in [6.45, 7) is 1.90. The molecule has 24 heavy (non-hydrogen) atoms. The van der Waals surface area contributed by atoms with Crippen LogP contribution in [0.5, 0.6) is 0 Å². The number of benzene rings is 2. The molecule has 124 valence electrons. The third-order valence-corrected chi connectivity index (χ3v) is 3.65. The van der Waals surface area contributed by atoms with Crippen molar-refractivity contribution in [2.24, 2.45) is 5.73 Å². The molecule has 1 atom stereocenters. The molecule has 0 spiro atoms. The van der Waals surface area contributed by atoms with Crippen LogP contribution in [0.2, 0.25) is 0 Å². The second-order valence-electron chi connectivity index (χ2n) is 5.37. The van der Waals surface area contributed by atoms with E-state index in [1.807, 2.05) is 31.2 Å². The Hall–Kier alpha value is -3.22. The largest absolute Gasteiger partial charge is 0.368 e. The molecule has 0 unspecified atom stereocenters. The first kappa shape index (κ1) is 17.1. The Morgan fingerprint density at radius 3 is 2.54 bits per heavy atom. The minimum absolute atomic E-state index is 0.0974. The molecule has 7 heteroatoms. The van der Waals surface area contributed by atoms with Crippen LogP contribution in [-0.4, -0.2) is 22.8 Å². The number of non-ortho nitro benzene ring substituents is 1. The van der Waals surface area contributed by atoms with Crippen molar-refractivity contribution < 1.29 is 14.5 Å². The van der Waals surface area contributed by atoms with Crippen molar-refractivity contribution in [1.29, 1.82) is 0 Å². The van der Waals surface area contributed by atoms with Gasteiger partial charge in [0.25, 0.3) is 11.6 Å². The normalized spacial score (nSPS) is 11.5. The van der Waals surface area contributed by atoms with Gasteiger partial charge in [-0.3, -0.25) is 19.7 Å². The predicted molar refractivity (Wildman–Crippen MR) is 88.4 cm³/mol. The van der Waals surface area contributed by atoms with Crippen molar-refractivity contribution in [3.63, 3.8) is 0 Å². The number of primary amides is 1. The van der Waals surface area contributed by atoms with Crippen LogP contribution < -0.4 is 11.1 Å². The van der Waals surface area contributed by atoms with E-state index in [2.05, 4.69) is 5.32 Å². The van der Waals surface area contributed by atoms with Crippen LogP contribution in [0.15, 0.2) is 48.5 Å². The third-order valence-electron chi connectivity index (χ3n) is 3.65. The molecular weight excluding hydrogens is 310 g/mol. The number of nitrogens with zero attached hydrogens (tertiary/aromatic N) is 1. The van der Waals surface area contributed by atoms with Crippen LogP contribution in [0.25, 0.3) is 0 Å². The van der Waals surface area contributed by atoms with E-state index in [-0.39, 0.29) is 17.7 Å². The smallest absolute Gasteiger partial charge is 0.270 e. The Morgan fingerprint density at radius 2 is 1.92 bits per heavy atom. The first-order valence-corrected chi connectivity index (χ1v) is 7.27. The van der Waals surface area contributed by atoms with Gasteiger partial charge in [0.05, 0.1) is 4.92 Å². The molecule has 0 fully saturated rings. The lowest BCUT2D eigenvalue weighted by Gasteiger charge is -2.16. The van der Waals surface area contributed by atoms with Gasteiger partial charge in [-0.15, -0.1) is 0 Å². The summed E-state index contributed by atoms with van der Waals surface area (Å²) in [5.74, 6) is -1.26. The van der Waals surface area contributed by atoms with Crippen LogP contribution >= 0.6 is 0 Å². The summed E-state index contributed by atoms with van der Waals surface area (Å²) in [5, 5.41) is 13.3. The lowest BCUT2D eigenvalue weighted by Crippen LogP contribution is -2.46. The van der Waals surface area contributed by atoms with E-state index in [4.69, 9.17) is 5.73 Å². The maximum Gasteiger partial charge on any atom is 0.270 e. The summed E-state index contributed by atoms with van der Waals surface area (Å²) in [7, 11) is 0. The number of nitrogens with two attached hydrogens (primary N) is 1. The molecule has 0 heterocycles. The second kappa shape index (κ2) is 7.36. The quantitative estimate of drug-likeness (QED) is 0.621. The summed E-state index contributed by atoms with van der Waals surface area (Å²) in [5.41, 5.74) is 7.15. The average molecular weight is 327 g/mol. The summed E-state index contributed by atoms with van der Waals surface area (Å²) in [6.07, 6.45) is 0.253. The predicted octanol–water partition coefficient (Wildman–Crippen LogP) is 1.73. The molecular formula is C17H17N3O4. The van der Waals surface area contributed by atoms with Crippen molar-refractivity contribution >= 4 is 17.5 Å². The highest BCUT2D eigenvalue weighted by molar-refractivity contribution is 5.97. The van der Waals surface area contributed by atoms with Crippen molar-refractivity contribution in [3.05, 3.63) is 75.3 Å². The van der Waals surface area contributed by atoms with Gasteiger partial charge in [0, 0.05) is 24.1 Å². The Balaban J connectivity index is 2.17. The number of hydrogen-bond acceptors (Lipinski definition) is 4. The number of nitrogens with one attached hydrogen (secondary N) is 1. The van der Waals surface area contributed by atoms with Gasteiger partial charge >= 0.3 is 0 Å². The monoisotopic (exact) mass is 327 g/mol. The van der Waals surface area contributed by atoms with E-state index in [1.165, 1.54) is 18.2 Å². The molecule has 2 aromatic carbocycles. The van der Waals surface area contributed by atoms with Gasteiger partial charge in [-0.2, -0.15) is 0 Å². The van der Waals surface area contributed by atoms with Crippen molar-refractivity contribution in [3.8, 4) is 0 Å². The molecule has 0 saturated carbocycles. The zero-order valence-electron chi connectivity index (χ0n) is 13.1. The molecule has 0 aliphatic carbocycles. The zero-order chi connectivity index (χ0) is 17.7. The summed E-state index contributed by atoms with van der Waals surface area (Å²) in [4.78, 5) is 34.1. The third kappa shape index (κ3) is 4.16. The van der Waals surface area contributed by atoms with E-state index >= 15 is 0 Å². The lowest BCUT2D eigenvalue weighted by atomic mass is 10.0. The van der Waals surface area contributed by atoms with Crippen molar-refractivity contribution in [2.75, 3.05) is 0 Å². The topological polar surface area (TPSA) is 115 Å². The maximum atomic E-state index is 12.3. The van der Waals surface area contributed by atoms with E-state index in [0.717, 1.165) is 17.2 Å². The standard InChI is InChI=1S/C17H17N3O4/c1-11-5-2-3-6-12(11)10-15(16(18)21)19-17(22)13-7-4-8-14(9-13)20(23)24/h2-9,15H,10H2,1H3,(H2,18,21)(H,19,22)/t15-/m1/s1. The maximum absolute atomic E-state index is 12.3. The highest BCUT2D eigenvalue weighted by atomic mass is 16.6. The highest BCUT2D eigenvalue weighted by Gasteiger charge is 2.21. The fourth-order valence-corrected chi connectivity index (χ4v) is 2.28. The van der Waals surface area contributed by atoms with Gasteiger partial charge in [-0.1, -0.05) is 30.3 Å². The lowest BCUT2D eigenvalue weighted by molar-refractivity contribution is -0.384. The molecule has 0 radical (unpaired) electrons. The fourth-order valence-electron chi connectivity index (χ4n) is 2.28. The van der Waals surface area contributed by atoms with Gasteiger partial charge in [0.1, 0.15) is 6.04 Å². The number of rotatable bonds is 6. The second-order valence-corrected chi connectivity index (χ2v) is 5.37. The average Bonchev–Trinajstić information content (AvgIpc) is 2.56. The number of carbonyl (C=O) groups excluding carboxylic acids is 2. The highest BCUT2D eigenvalue weighted by Crippen LogP contribution is 2.14. The molecule has 0 bridgehead atoms. The van der Waals surface area contributed by atoms with Gasteiger partial charge in [-0.05, 0) is 24.1 Å². The van der Waals surface area contributed by atoms with Crippen LogP contribution in [-0.2, 0) is 11.2 Å². The molecule has 0 aliphatic rings. The minimum atomic E-state index is -0.905. The van der Waals surface area contributed by atoms with E-state index < -0.39 is 22.8 Å². The first-order chi connectivity index (χ1) is 11.4. The van der Waals surface area contributed by atoms with Gasteiger partial charge in [0.15, 0.2) is 0 Å². The molecule has 0 saturated heterocycles. The molecule has 2 amide bonds. The number of hydrogen-bond donors (Lipinski definition) is 2. The molecule has 7 nitrogen and oxygen atoms in total. The molecule has 2 rings (SSSR count). The number of aryl methyl sites for hydroxylation is 1. The Kier molecular flexibility index (Phi) is 5.26. The van der Waals surface area contributed by atoms with Gasteiger partial charge in [0.2, 0.25) is 5.91 Å². The van der Waals surface area contributed by atoms with E-state index in [0.29, 0.717) is 0 Å². The summed E-state index contributed by atoms with van der Waals surface area (Å²) < 4.78 is 0. The van der Waals surface area contributed by atoms with E-state index in [9.17, 15) is 19.7 Å². The van der Waals surface area contributed by atoms with Gasteiger partial charge in [-0.25, -0.2) is 0 Å². The molecule has 0 aliphatic heterocycles. The minimum Gasteiger partial charge on any atom is -0.368 e. The summed E-state index contributed by atoms with van der Waals surface area (Å²) in [6, 6.07) is 11.8.